The summed E-state index contributed by atoms with van der Waals surface area (Å²) >= 11 is 0. The van der Waals surface area contributed by atoms with Gasteiger partial charge in [-0.2, -0.15) is 5.10 Å². The molecule has 0 aliphatic heterocycles. The van der Waals surface area contributed by atoms with Gasteiger partial charge in [0.25, 0.3) is 5.91 Å². The first kappa shape index (κ1) is 14.8. The van der Waals surface area contributed by atoms with Gasteiger partial charge in [0.15, 0.2) is 0 Å². The number of halogens is 2. The highest BCUT2D eigenvalue weighted by atomic mass is 19.1. The molecule has 0 aliphatic rings. The quantitative estimate of drug-likeness (QED) is 0.590. The Morgan fingerprint density at radius 2 is 1.91 bits per heavy atom. The van der Waals surface area contributed by atoms with Crippen LogP contribution in [0.3, 0.4) is 0 Å². The minimum Gasteiger partial charge on any atom is -0.271 e. The van der Waals surface area contributed by atoms with Crippen molar-refractivity contribution in [1.82, 2.24) is 20.4 Å². The second-order valence-electron chi connectivity index (χ2n) is 4.66. The van der Waals surface area contributed by atoms with Crippen molar-refractivity contribution >= 4 is 23.2 Å². The van der Waals surface area contributed by atoms with Crippen molar-refractivity contribution in [3.05, 3.63) is 59.7 Å². The molecule has 0 radical (unpaired) electrons. The number of hydrogen-bond acceptors (Lipinski definition) is 4. The number of fused-ring (bicyclic) bond motifs is 1. The van der Waals surface area contributed by atoms with Crippen molar-refractivity contribution in [1.29, 1.82) is 0 Å². The lowest BCUT2D eigenvalue weighted by atomic mass is 10.2. The van der Waals surface area contributed by atoms with E-state index in [0.29, 0.717) is 11.0 Å². The number of hydrazone groups is 1. The third-order valence-electron chi connectivity index (χ3n) is 3.10. The Bertz CT molecular complexity index is 870. The van der Waals surface area contributed by atoms with E-state index in [1.54, 1.807) is 18.2 Å². The van der Waals surface area contributed by atoms with E-state index in [9.17, 15) is 13.6 Å². The Morgan fingerprint density at radius 1 is 1.17 bits per heavy atom. The lowest BCUT2D eigenvalue weighted by molar-refractivity contribution is -0.121. The number of rotatable bonds is 4. The lowest BCUT2D eigenvalue weighted by Gasteiger charge is -2.01. The molecule has 0 bridgehead atoms. The van der Waals surface area contributed by atoms with Crippen LogP contribution in [0.25, 0.3) is 11.0 Å². The van der Waals surface area contributed by atoms with E-state index in [1.165, 1.54) is 10.7 Å². The summed E-state index contributed by atoms with van der Waals surface area (Å²) in [6.45, 7) is -0.113. The minimum absolute atomic E-state index is 0.113. The van der Waals surface area contributed by atoms with Crippen molar-refractivity contribution in [3.63, 3.8) is 0 Å². The fraction of sp³-hybridized carbons (Fsp3) is 0.0667. The number of aromatic nitrogens is 3. The van der Waals surface area contributed by atoms with Crippen LogP contribution in [0.4, 0.5) is 8.78 Å². The zero-order valence-electron chi connectivity index (χ0n) is 11.8. The van der Waals surface area contributed by atoms with Gasteiger partial charge in [-0.3, -0.25) is 4.79 Å². The van der Waals surface area contributed by atoms with Gasteiger partial charge in [0.2, 0.25) is 0 Å². The number of carbonyl (C=O) groups is 1. The number of carbonyl (C=O) groups excluding carboxylic acids is 1. The first-order valence-electron chi connectivity index (χ1n) is 6.69. The monoisotopic (exact) mass is 315 g/mol. The highest BCUT2D eigenvalue weighted by Crippen LogP contribution is 2.10. The maximum atomic E-state index is 13.4. The number of nitrogens with zero attached hydrogens (tertiary/aromatic N) is 4. The molecule has 0 saturated heterocycles. The van der Waals surface area contributed by atoms with E-state index in [1.807, 2.05) is 6.07 Å². The molecule has 2 aromatic carbocycles. The van der Waals surface area contributed by atoms with E-state index >= 15 is 0 Å². The van der Waals surface area contributed by atoms with Crippen molar-refractivity contribution in [2.45, 2.75) is 6.54 Å². The molecule has 0 fully saturated rings. The fourth-order valence-electron chi connectivity index (χ4n) is 2.01. The second kappa shape index (κ2) is 6.30. The predicted molar refractivity (Wildman–Crippen MR) is 79.6 cm³/mol. The Hall–Kier alpha value is -3.16. The first-order valence-corrected chi connectivity index (χ1v) is 6.69. The molecule has 0 unspecified atom stereocenters. The molecule has 1 heterocycles. The summed E-state index contributed by atoms with van der Waals surface area (Å²) < 4.78 is 28.2. The van der Waals surface area contributed by atoms with Crippen molar-refractivity contribution < 1.29 is 13.6 Å². The smallest absolute Gasteiger partial charge is 0.261 e. The van der Waals surface area contributed by atoms with Gasteiger partial charge in [-0.15, -0.1) is 5.10 Å². The molecule has 23 heavy (non-hydrogen) atoms. The Labute approximate surface area is 129 Å². The molecule has 6 nitrogen and oxygen atoms in total. The van der Waals surface area contributed by atoms with Gasteiger partial charge in [-0.1, -0.05) is 23.4 Å². The van der Waals surface area contributed by atoms with Gasteiger partial charge in [0.05, 0.1) is 17.3 Å². The van der Waals surface area contributed by atoms with Crippen LogP contribution in [0, 0.1) is 11.6 Å². The van der Waals surface area contributed by atoms with Crippen LogP contribution < -0.4 is 5.43 Å². The molecule has 0 atom stereocenters. The van der Waals surface area contributed by atoms with Gasteiger partial charge < -0.3 is 0 Å². The lowest BCUT2D eigenvalue weighted by Crippen LogP contribution is -2.23. The standard InChI is InChI=1S/C15H11F2N5O/c16-11-4-3-5-12(17)10(11)8-18-20-15(23)9-22-14-7-2-1-6-13(14)19-21-22/h1-8H,9H2,(H,20,23)/b18-8-. The molecule has 1 amide bonds. The normalized spacial score (nSPS) is 11.2. The fourth-order valence-corrected chi connectivity index (χ4v) is 2.01. The molecule has 0 saturated carbocycles. The van der Waals surface area contributed by atoms with Gasteiger partial charge in [0, 0.05) is 0 Å². The third kappa shape index (κ3) is 3.20. The average molecular weight is 315 g/mol. The van der Waals surface area contributed by atoms with Gasteiger partial charge in [0.1, 0.15) is 23.7 Å². The van der Waals surface area contributed by atoms with E-state index < -0.39 is 17.5 Å². The van der Waals surface area contributed by atoms with Crippen LogP contribution >= 0.6 is 0 Å². The number of amides is 1. The predicted octanol–water partition coefficient (Wildman–Crippen LogP) is 1.86. The highest BCUT2D eigenvalue weighted by Gasteiger charge is 2.08. The van der Waals surface area contributed by atoms with Crippen LogP contribution in [0.2, 0.25) is 0 Å². The molecule has 0 aliphatic carbocycles. The number of hydrogen-bond donors (Lipinski definition) is 1. The van der Waals surface area contributed by atoms with Gasteiger partial charge >= 0.3 is 0 Å². The van der Waals surface area contributed by atoms with Crippen LogP contribution in [-0.4, -0.2) is 27.1 Å². The Kier molecular flexibility index (Phi) is 4.05. The van der Waals surface area contributed by atoms with Crippen molar-refractivity contribution in [3.8, 4) is 0 Å². The van der Waals surface area contributed by atoms with Crippen molar-refractivity contribution in [2.24, 2.45) is 5.10 Å². The summed E-state index contributed by atoms with van der Waals surface area (Å²) in [5.41, 5.74) is 3.24. The topological polar surface area (TPSA) is 72.2 Å². The number of nitrogens with one attached hydrogen (secondary N) is 1. The zero-order valence-corrected chi connectivity index (χ0v) is 11.8. The maximum absolute atomic E-state index is 13.4. The summed E-state index contributed by atoms with van der Waals surface area (Å²) in [5.74, 6) is -2.01. The zero-order chi connectivity index (χ0) is 16.2. The third-order valence-corrected chi connectivity index (χ3v) is 3.10. The van der Waals surface area contributed by atoms with Crippen LogP contribution in [0.15, 0.2) is 47.6 Å². The maximum Gasteiger partial charge on any atom is 0.261 e. The average Bonchev–Trinajstić information content (AvgIpc) is 2.93. The molecule has 8 heteroatoms. The summed E-state index contributed by atoms with van der Waals surface area (Å²) in [7, 11) is 0. The Balaban J connectivity index is 1.67. The van der Waals surface area contributed by atoms with Crippen LogP contribution in [0.1, 0.15) is 5.56 Å². The largest absolute Gasteiger partial charge is 0.271 e. The van der Waals surface area contributed by atoms with Crippen LogP contribution in [0.5, 0.6) is 0 Å². The van der Waals surface area contributed by atoms with E-state index in [-0.39, 0.29) is 12.1 Å². The summed E-state index contributed by atoms with van der Waals surface area (Å²) in [4.78, 5) is 11.8. The number of para-hydroxylation sites is 1. The molecule has 0 spiro atoms. The summed E-state index contributed by atoms with van der Waals surface area (Å²) in [5, 5.41) is 11.3. The van der Waals surface area contributed by atoms with Gasteiger partial charge in [-0.05, 0) is 24.3 Å². The molecule has 3 rings (SSSR count). The highest BCUT2D eigenvalue weighted by molar-refractivity contribution is 5.83. The molecule has 3 aromatic rings. The summed E-state index contributed by atoms with van der Waals surface area (Å²) in [6.07, 6.45) is 0.919. The molecule has 1 aromatic heterocycles. The molecular formula is C15H11F2N5O. The van der Waals surface area contributed by atoms with E-state index in [4.69, 9.17) is 0 Å². The van der Waals surface area contributed by atoms with E-state index in [0.717, 1.165) is 18.3 Å². The minimum atomic E-state index is -0.759. The van der Waals surface area contributed by atoms with Crippen LogP contribution in [-0.2, 0) is 11.3 Å². The second-order valence-corrected chi connectivity index (χ2v) is 4.66. The number of benzene rings is 2. The first-order chi connectivity index (χ1) is 11.1. The van der Waals surface area contributed by atoms with Gasteiger partial charge in [-0.25, -0.2) is 18.9 Å². The van der Waals surface area contributed by atoms with Crippen molar-refractivity contribution in [2.75, 3.05) is 0 Å². The molecular weight excluding hydrogens is 304 g/mol. The van der Waals surface area contributed by atoms with E-state index in [2.05, 4.69) is 20.8 Å². The molecule has 116 valence electrons. The SMILES string of the molecule is O=C(Cn1nnc2ccccc21)N/N=C\c1c(F)cccc1F. The Morgan fingerprint density at radius 3 is 2.70 bits per heavy atom. The summed E-state index contributed by atoms with van der Waals surface area (Å²) in [6, 6.07) is 10.6. The molecule has 1 N–H and O–H groups in total.